The van der Waals surface area contributed by atoms with E-state index in [9.17, 15) is 0 Å². The van der Waals surface area contributed by atoms with Crippen LogP contribution < -0.4 is 10.1 Å². The summed E-state index contributed by atoms with van der Waals surface area (Å²) >= 11 is 11.8. The molecule has 1 N–H and O–H groups in total. The molecular formula is C11H13Cl2NO2. The van der Waals surface area contributed by atoms with Crippen LogP contribution in [0.5, 0.6) is 5.75 Å². The first-order chi connectivity index (χ1) is 7.75. The normalized spacial score (nSPS) is 20.8. The van der Waals surface area contributed by atoms with Crippen molar-refractivity contribution in [3.63, 3.8) is 0 Å². The highest BCUT2D eigenvalue weighted by Gasteiger charge is 2.14. The van der Waals surface area contributed by atoms with Crippen LogP contribution in [0.1, 0.15) is 0 Å². The van der Waals surface area contributed by atoms with Crippen molar-refractivity contribution in [1.29, 1.82) is 0 Å². The monoisotopic (exact) mass is 261 g/mol. The van der Waals surface area contributed by atoms with E-state index in [1.54, 1.807) is 18.2 Å². The minimum Gasteiger partial charge on any atom is -0.489 e. The first kappa shape index (κ1) is 12.0. The Bertz CT molecular complexity index is 354. The van der Waals surface area contributed by atoms with Gasteiger partial charge in [-0.2, -0.15) is 0 Å². The number of nitrogens with one attached hydrogen (secondary N) is 1. The van der Waals surface area contributed by atoms with Crippen LogP contribution >= 0.6 is 23.2 Å². The minimum absolute atomic E-state index is 0.0730. The van der Waals surface area contributed by atoms with Gasteiger partial charge in [0.2, 0.25) is 0 Å². The Morgan fingerprint density at radius 3 is 3.06 bits per heavy atom. The third kappa shape index (κ3) is 3.25. The summed E-state index contributed by atoms with van der Waals surface area (Å²) in [6.07, 6.45) is 0.0730. The molecule has 16 heavy (non-hydrogen) atoms. The van der Waals surface area contributed by atoms with Gasteiger partial charge in [0.1, 0.15) is 18.5 Å². The number of halogens is 2. The lowest BCUT2D eigenvalue weighted by molar-refractivity contribution is 0.000219. The fourth-order valence-electron chi connectivity index (χ4n) is 1.50. The number of hydrogen-bond donors (Lipinski definition) is 1. The summed E-state index contributed by atoms with van der Waals surface area (Å²) in [5.41, 5.74) is 0. The lowest BCUT2D eigenvalue weighted by Gasteiger charge is -2.23. The summed E-state index contributed by atoms with van der Waals surface area (Å²) in [5.74, 6) is 0.600. The molecule has 0 radical (unpaired) electrons. The van der Waals surface area contributed by atoms with Crippen LogP contribution in [0.25, 0.3) is 0 Å². The van der Waals surface area contributed by atoms with E-state index in [0.717, 1.165) is 19.7 Å². The Balaban J connectivity index is 1.90. The van der Waals surface area contributed by atoms with Gasteiger partial charge in [0.15, 0.2) is 0 Å². The van der Waals surface area contributed by atoms with Gasteiger partial charge in [-0.05, 0) is 12.1 Å². The average Bonchev–Trinajstić information content (AvgIpc) is 2.32. The highest BCUT2D eigenvalue weighted by Crippen LogP contribution is 2.27. The molecule has 1 saturated heterocycles. The molecule has 1 aliphatic rings. The van der Waals surface area contributed by atoms with E-state index in [-0.39, 0.29) is 6.10 Å². The Kier molecular flexibility index (Phi) is 4.29. The fraction of sp³-hybridized carbons (Fsp3) is 0.455. The molecule has 0 amide bonds. The molecule has 1 atom stereocenters. The fourth-order valence-corrected chi connectivity index (χ4v) is 1.83. The molecule has 0 aliphatic carbocycles. The summed E-state index contributed by atoms with van der Waals surface area (Å²) in [7, 11) is 0. The summed E-state index contributed by atoms with van der Waals surface area (Å²) in [5, 5.41) is 4.41. The summed E-state index contributed by atoms with van der Waals surface area (Å²) < 4.78 is 11.1. The second kappa shape index (κ2) is 5.73. The minimum atomic E-state index is 0.0730. The van der Waals surface area contributed by atoms with Gasteiger partial charge in [-0.15, -0.1) is 0 Å². The van der Waals surface area contributed by atoms with Gasteiger partial charge in [-0.1, -0.05) is 23.2 Å². The van der Waals surface area contributed by atoms with E-state index < -0.39 is 0 Å². The Morgan fingerprint density at radius 1 is 1.44 bits per heavy atom. The Hall–Kier alpha value is -0.480. The summed E-state index contributed by atoms with van der Waals surface area (Å²) in [4.78, 5) is 0. The van der Waals surface area contributed by atoms with Crippen molar-refractivity contribution in [3.05, 3.63) is 28.2 Å². The van der Waals surface area contributed by atoms with E-state index in [1.807, 2.05) is 0 Å². The van der Waals surface area contributed by atoms with E-state index in [0.29, 0.717) is 22.4 Å². The molecule has 1 unspecified atom stereocenters. The molecular weight excluding hydrogens is 249 g/mol. The molecule has 0 spiro atoms. The van der Waals surface area contributed by atoms with E-state index in [4.69, 9.17) is 32.7 Å². The molecule has 3 nitrogen and oxygen atoms in total. The van der Waals surface area contributed by atoms with Crippen molar-refractivity contribution < 1.29 is 9.47 Å². The molecule has 1 aromatic carbocycles. The highest BCUT2D eigenvalue weighted by atomic mass is 35.5. The van der Waals surface area contributed by atoms with Crippen molar-refractivity contribution in [2.75, 3.05) is 26.3 Å². The maximum absolute atomic E-state index is 5.97. The van der Waals surface area contributed by atoms with Gasteiger partial charge < -0.3 is 14.8 Å². The summed E-state index contributed by atoms with van der Waals surface area (Å²) in [6.45, 7) is 2.90. The molecule has 2 rings (SSSR count). The van der Waals surface area contributed by atoms with Crippen molar-refractivity contribution in [1.82, 2.24) is 5.32 Å². The van der Waals surface area contributed by atoms with Gasteiger partial charge in [-0.25, -0.2) is 0 Å². The van der Waals surface area contributed by atoms with Crippen LogP contribution in [0.2, 0.25) is 10.0 Å². The Morgan fingerprint density at radius 2 is 2.31 bits per heavy atom. The number of morpholine rings is 1. The maximum Gasteiger partial charge on any atom is 0.139 e. The van der Waals surface area contributed by atoms with Crippen LogP contribution in [0.3, 0.4) is 0 Å². The van der Waals surface area contributed by atoms with Crippen LogP contribution in [0.15, 0.2) is 18.2 Å². The van der Waals surface area contributed by atoms with Crippen LogP contribution in [-0.2, 0) is 4.74 Å². The van der Waals surface area contributed by atoms with E-state index in [1.165, 1.54) is 0 Å². The molecule has 1 aliphatic heterocycles. The molecule has 88 valence electrons. The third-order valence-corrected chi connectivity index (χ3v) is 2.87. The standard InChI is InChI=1S/C11H13Cl2NO2/c12-8-1-2-10(13)11(5-8)16-7-9-6-14-3-4-15-9/h1-2,5,9,14H,3-4,6-7H2. The van der Waals surface area contributed by atoms with Crippen LogP contribution in [0.4, 0.5) is 0 Å². The molecule has 0 aromatic heterocycles. The zero-order valence-corrected chi connectivity index (χ0v) is 10.2. The lowest BCUT2D eigenvalue weighted by atomic mass is 10.3. The van der Waals surface area contributed by atoms with Crippen molar-refractivity contribution in [3.8, 4) is 5.75 Å². The van der Waals surface area contributed by atoms with Gasteiger partial charge in [0.05, 0.1) is 11.6 Å². The first-order valence-corrected chi connectivity index (χ1v) is 5.91. The number of rotatable bonds is 3. The molecule has 0 saturated carbocycles. The zero-order chi connectivity index (χ0) is 11.4. The van der Waals surface area contributed by atoms with Gasteiger partial charge >= 0.3 is 0 Å². The average molecular weight is 262 g/mol. The smallest absolute Gasteiger partial charge is 0.139 e. The SMILES string of the molecule is Clc1ccc(Cl)c(OCC2CNCCO2)c1. The van der Waals surface area contributed by atoms with Crippen molar-refractivity contribution in [2.24, 2.45) is 0 Å². The predicted octanol–water partition coefficient (Wildman–Crippen LogP) is 2.36. The van der Waals surface area contributed by atoms with E-state index in [2.05, 4.69) is 5.32 Å². The number of benzene rings is 1. The molecule has 1 heterocycles. The molecule has 1 fully saturated rings. The lowest BCUT2D eigenvalue weighted by Crippen LogP contribution is -2.41. The topological polar surface area (TPSA) is 30.5 Å². The van der Waals surface area contributed by atoms with Crippen molar-refractivity contribution >= 4 is 23.2 Å². The van der Waals surface area contributed by atoms with Gasteiger partial charge in [0.25, 0.3) is 0 Å². The predicted molar refractivity (Wildman–Crippen MR) is 64.6 cm³/mol. The first-order valence-electron chi connectivity index (χ1n) is 5.16. The molecule has 1 aromatic rings. The van der Waals surface area contributed by atoms with Crippen LogP contribution in [-0.4, -0.2) is 32.4 Å². The maximum atomic E-state index is 5.97. The van der Waals surface area contributed by atoms with Crippen molar-refractivity contribution in [2.45, 2.75) is 6.10 Å². The van der Waals surface area contributed by atoms with Gasteiger partial charge in [0, 0.05) is 24.2 Å². The number of hydrogen-bond acceptors (Lipinski definition) is 3. The molecule has 5 heteroatoms. The second-order valence-corrected chi connectivity index (χ2v) is 4.43. The Labute approximate surface area is 105 Å². The van der Waals surface area contributed by atoms with Gasteiger partial charge in [-0.3, -0.25) is 0 Å². The quantitative estimate of drug-likeness (QED) is 0.907. The summed E-state index contributed by atoms with van der Waals surface area (Å²) in [6, 6.07) is 5.16. The number of ether oxygens (including phenoxy) is 2. The molecule has 0 bridgehead atoms. The third-order valence-electron chi connectivity index (χ3n) is 2.32. The second-order valence-electron chi connectivity index (χ2n) is 3.58. The highest BCUT2D eigenvalue weighted by molar-refractivity contribution is 6.34. The zero-order valence-electron chi connectivity index (χ0n) is 8.71. The van der Waals surface area contributed by atoms with E-state index >= 15 is 0 Å². The largest absolute Gasteiger partial charge is 0.489 e. The van der Waals surface area contributed by atoms with Crippen LogP contribution in [0, 0.1) is 0 Å².